The summed E-state index contributed by atoms with van der Waals surface area (Å²) < 4.78 is 40.0. The maximum Gasteiger partial charge on any atom is 0.417 e. The Kier molecular flexibility index (Phi) is 8.18. The van der Waals surface area contributed by atoms with Gasteiger partial charge in [-0.05, 0) is 25.0 Å². The first kappa shape index (κ1) is 23.9. The predicted molar refractivity (Wildman–Crippen MR) is 112 cm³/mol. The molecule has 31 heavy (non-hydrogen) atoms. The van der Waals surface area contributed by atoms with Crippen LogP contribution in [0, 0.1) is 6.92 Å². The predicted octanol–water partition coefficient (Wildman–Crippen LogP) is 4.44. The summed E-state index contributed by atoms with van der Waals surface area (Å²) in [6.07, 6.45) is -4.27. The quantitative estimate of drug-likeness (QED) is 0.492. The van der Waals surface area contributed by atoms with Crippen LogP contribution >= 0.6 is 0 Å². The Morgan fingerprint density at radius 3 is 2.35 bits per heavy atom. The molecule has 0 saturated heterocycles. The summed E-state index contributed by atoms with van der Waals surface area (Å²) in [5.74, 6) is -0.453. The Balaban J connectivity index is 2.38. The number of hydrogen-bond acceptors (Lipinski definition) is 5. The molecule has 2 rings (SSSR count). The lowest BCUT2D eigenvalue weighted by molar-refractivity contribution is -0.137. The second-order valence-electron chi connectivity index (χ2n) is 6.51. The summed E-state index contributed by atoms with van der Waals surface area (Å²) in [5, 5.41) is 10.3. The average Bonchev–Trinajstić information content (AvgIpc) is 2.75. The summed E-state index contributed by atoms with van der Waals surface area (Å²) >= 11 is 0. The van der Waals surface area contributed by atoms with E-state index in [1.54, 1.807) is 19.1 Å². The molecule has 0 saturated carbocycles. The molecule has 6 nitrogen and oxygen atoms in total. The highest BCUT2D eigenvalue weighted by Gasteiger charge is 2.34. The van der Waals surface area contributed by atoms with Crippen molar-refractivity contribution in [1.29, 1.82) is 0 Å². The van der Waals surface area contributed by atoms with Crippen molar-refractivity contribution >= 4 is 17.3 Å². The lowest BCUT2D eigenvalue weighted by Gasteiger charge is -2.15. The van der Waals surface area contributed by atoms with Gasteiger partial charge in [0.25, 0.3) is 5.91 Å². The van der Waals surface area contributed by atoms with E-state index in [0.29, 0.717) is 11.1 Å². The van der Waals surface area contributed by atoms with Crippen LogP contribution < -0.4 is 5.32 Å². The van der Waals surface area contributed by atoms with Gasteiger partial charge in [-0.25, -0.2) is 0 Å². The smallest absolute Gasteiger partial charge is 0.398 e. The minimum atomic E-state index is -4.51. The largest absolute Gasteiger partial charge is 0.417 e. The zero-order valence-electron chi connectivity index (χ0n) is 17.7. The molecule has 0 fully saturated rings. The second-order valence-corrected chi connectivity index (χ2v) is 6.51. The first-order valence-corrected chi connectivity index (χ1v) is 9.52. The van der Waals surface area contributed by atoms with Crippen molar-refractivity contribution in [3.8, 4) is 0 Å². The molecule has 0 aliphatic carbocycles. The summed E-state index contributed by atoms with van der Waals surface area (Å²) in [6.45, 7) is 3.45. The van der Waals surface area contributed by atoms with E-state index in [4.69, 9.17) is 9.68 Å². The van der Waals surface area contributed by atoms with Crippen LogP contribution in [0.1, 0.15) is 41.2 Å². The molecule has 0 unspecified atom stereocenters. The minimum absolute atomic E-state index is 0.0329. The Morgan fingerprint density at radius 1 is 1.06 bits per heavy atom. The van der Waals surface area contributed by atoms with E-state index in [1.807, 2.05) is 13.0 Å². The minimum Gasteiger partial charge on any atom is -0.398 e. The number of halogens is 3. The molecule has 0 bridgehead atoms. The fraction of sp³-hybridized carbons (Fsp3) is 0.318. The summed E-state index contributed by atoms with van der Waals surface area (Å²) in [5.41, 5.74) is 1.30. The van der Waals surface area contributed by atoms with Crippen molar-refractivity contribution in [2.75, 3.05) is 14.2 Å². The molecule has 0 atom stereocenters. The molecule has 2 aromatic rings. The van der Waals surface area contributed by atoms with E-state index in [0.717, 1.165) is 11.6 Å². The van der Waals surface area contributed by atoms with E-state index >= 15 is 0 Å². The molecular weight excluding hydrogens is 411 g/mol. The highest BCUT2D eigenvalue weighted by Crippen LogP contribution is 2.32. The number of benzene rings is 2. The number of nitrogens with one attached hydrogen (secondary N) is 1. The van der Waals surface area contributed by atoms with E-state index < -0.39 is 17.6 Å². The molecule has 1 N–H and O–H groups in total. The third kappa shape index (κ3) is 5.84. The van der Waals surface area contributed by atoms with Gasteiger partial charge in [0.1, 0.15) is 13.7 Å². The molecule has 1 amide bonds. The van der Waals surface area contributed by atoms with Crippen molar-refractivity contribution < 1.29 is 27.6 Å². The molecule has 0 aromatic heterocycles. The number of hydrogen-bond donors (Lipinski definition) is 1. The molecular formula is C22H24F3N3O3. The fourth-order valence-corrected chi connectivity index (χ4v) is 3.00. The maximum absolute atomic E-state index is 13.3. The standard InChI is InChI=1S/C22H24F3N3O3/c1-5-19(16-10-6-7-12-18(16)22(23,24)25)27-31-13-17-14(2)9-8-11-15(17)20(28-30-4)21(29)26-3/h6-12H,5,13H2,1-4H3,(H,26,29)/b27-19+,28-20+. The van der Waals surface area contributed by atoms with Crippen molar-refractivity contribution in [2.24, 2.45) is 10.3 Å². The lowest BCUT2D eigenvalue weighted by Crippen LogP contribution is -2.29. The SMILES string of the molecule is CC/C(=N\OCc1c(C)cccc1/C(=N\OC)C(=O)NC)c1ccccc1C(F)(F)F. The van der Waals surface area contributed by atoms with Crippen molar-refractivity contribution in [3.05, 3.63) is 70.3 Å². The summed E-state index contributed by atoms with van der Waals surface area (Å²) in [6, 6.07) is 10.5. The van der Waals surface area contributed by atoms with Gasteiger partial charge in [-0.3, -0.25) is 4.79 Å². The Labute approximate surface area is 178 Å². The van der Waals surface area contributed by atoms with Crippen molar-refractivity contribution in [2.45, 2.75) is 33.1 Å². The molecule has 2 aromatic carbocycles. The Bertz CT molecular complexity index is 985. The average molecular weight is 435 g/mol. The first-order valence-electron chi connectivity index (χ1n) is 9.52. The second kappa shape index (κ2) is 10.6. The van der Waals surface area contributed by atoms with Crippen LogP contribution in [0.5, 0.6) is 0 Å². The van der Waals surface area contributed by atoms with Crippen molar-refractivity contribution in [1.82, 2.24) is 5.32 Å². The maximum atomic E-state index is 13.3. The zero-order valence-corrected chi connectivity index (χ0v) is 17.7. The van der Waals surface area contributed by atoms with E-state index in [1.165, 1.54) is 32.4 Å². The van der Waals surface area contributed by atoms with Gasteiger partial charge >= 0.3 is 6.18 Å². The number of carbonyl (C=O) groups is 1. The number of alkyl halides is 3. The number of amides is 1. The molecule has 166 valence electrons. The van der Waals surface area contributed by atoms with E-state index in [2.05, 4.69) is 15.6 Å². The molecule has 9 heteroatoms. The van der Waals surface area contributed by atoms with Crippen LogP contribution in [0.25, 0.3) is 0 Å². The van der Waals surface area contributed by atoms with Crippen LogP contribution in [-0.2, 0) is 27.3 Å². The van der Waals surface area contributed by atoms with Crippen LogP contribution in [0.2, 0.25) is 0 Å². The Morgan fingerprint density at radius 2 is 1.74 bits per heavy atom. The third-order valence-corrected chi connectivity index (χ3v) is 4.55. The van der Waals surface area contributed by atoms with Gasteiger partial charge < -0.3 is 15.0 Å². The van der Waals surface area contributed by atoms with Gasteiger partial charge in [-0.1, -0.05) is 53.6 Å². The van der Waals surface area contributed by atoms with Gasteiger partial charge in [-0.15, -0.1) is 0 Å². The van der Waals surface area contributed by atoms with Crippen LogP contribution in [0.3, 0.4) is 0 Å². The monoisotopic (exact) mass is 435 g/mol. The highest BCUT2D eigenvalue weighted by molar-refractivity contribution is 6.45. The van der Waals surface area contributed by atoms with Gasteiger partial charge in [0.05, 0.1) is 11.3 Å². The van der Waals surface area contributed by atoms with Gasteiger partial charge in [-0.2, -0.15) is 13.2 Å². The molecule has 0 heterocycles. The summed E-state index contributed by atoms with van der Waals surface area (Å²) in [7, 11) is 2.79. The zero-order chi connectivity index (χ0) is 23.0. The number of nitrogens with zero attached hydrogens (tertiary/aromatic N) is 2. The fourth-order valence-electron chi connectivity index (χ4n) is 3.00. The number of oxime groups is 2. The summed E-state index contributed by atoms with van der Waals surface area (Å²) in [4.78, 5) is 22.5. The number of likely N-dealkylation sites (N-methyl/N-ethyl adjacent to an activating group) is 1. The van der Waals surface area contributed by atoms with Crippen LogP contribution in [0.15, 0.2) is 52.8 Å². The number of rotatable bonds is 8. The Hall–Kier alpha value is -3.36. The number of aryl methyl sites for hydroxylation is 1. The topological polar surface area (TPSA) is 72.3 Å². The lowest BCUT2D eigenvalue weighted by atomic mass is 9.98. The highest BCUT2D eigenvalue weighted by atomic mass is 19.4. The number of carbonyl (C=O) groups excluding carboxylic acids is 1. The van der Waals surface area contributed by atoms with Crippen LogP contribution in [0.4, 0.5) is 13.2 Å². The van der Waals surface area contributed by atoms with E-state index in [9.17, 15) is 18.0 Å². The van der Waals surface area contributed by atoms with Crippen LogP contribution in [-0.4, -0.2) is 31.5 Å². The van der Waals surface area contributed by atoms with Gasteiger partial charge in [0.2, 0.25) is 0 Å². The molecule has 0 radical (unpaired) electrons. The normalized spacial score (nSPS) is 12.5. The van der Waals surface area contributed by atoms with E-state index in [-0.39, 0.29) is 30.0 Å². The van der Waals surface area contributed by atoms with Gasteiger partial charge in [0.15, 0.2) is 5.71 Å². The molecule has 0 spiro atoms. The first-order chi connectivity index (χ1) is 14.7. The van der Waals surface area contributed by atoms with Gasteiger partial charge in [0, 0.05) is 23.7 Å². The molecule has 0 aliphatic rings. The van der Waals surface area contributed by atoms with Crippen molar-refractivity contribution in [3.63, 3.8) is 0 Å². The molecule has 0 aliphatic heterocycles. The third-order valence-electron chi connectivity index (χ3n) is 4.55.